The number of hydrogen-bond donors (Lipinski definition) is 1. The van der Waals surface area contributed by atoms with Crippen LogP contribution in [0.1, 0.15) is 47.1 Å². The number of carbonyl (C=O) groups is 3. The fourth-order valence-corrected chi connectivity index (χ4v) is 7.47. The molecule has 1 N–H and O–H groups in total. The Morgan fingerprint density at radius 2 is 1.66 bits per heavy atom. The molecule has 8 rings (SSSR count). The molecule has 0 unspecified atom stereocenters. The van der Waals surface area contributed by atoms with E-state index in [-0.39, 0.29) is 30.1 Å². The molecule has 2 atom stereocenters. The summed E-state index contributed by atoms with van der Waals surface area (Å²) in [5.41, 5.74) is 6.58. The molecule has 9 heteroatoms. The number of halogens is 1. The van der Waals surface area contributed by atoms with Gasteiger partial charge in [0.25, 0.3) is 0 Å². The Hall–Kier alpha value is -3.85. The Morgan fingerprint density at radius 1 is 1.02 bits per heavy atom. The monoisotopic (exact) mass is 569 g/mol. The van der Waals surface area contributed by atoms with E-state index in [1.807, 2.05) is 61.5 Å². The molecule has 0 spiro atoms. The van der Waals surface area contributed by atoms with Gasteiger partial charge >= 0.3 is 0 Å². The SMILES string of the molecule is Cc1ccc(Cl)cc1N1C(=O)[C@@H]2C3c4ccccc4C(/C=N\NC(=O)CC4(C)OCCO4)(c4ccccc43)[C@H]2C1=O. The lowest BCUT2D eigenvalue weighted by Gasteiger charge is -2.52. The number of imide groups is 1. The molecule has 5 aliphatic rings. The van der Waals surface area contributed by atoms with Gasteiger partial charge in [-0.3, -0.25) is 14.4 Å². The molecule has 0 radical (unpaired) electrons. The minimum absolute atomic E-state index is 0.0299. The number of hydrazone groups is 1. The Morgan fingerprint density at radius 3 is 2.32 bits per heavy atom. The van der Waals surface area contributed by atoms with Gasteiger partial charge in [-0.05, 0) is 53.8 Å². The fourth-order valence-electron chi connectivity index (χ4n) is 7.31. The van der Waals surface area contributed by atoms with Gasteiger partial charge in [0, 0.05) is 17.2 Å². The van der Waals surface area contributed by atoms with Crippen LogP contribution in [0.3, 0.4) is 0 Å². The van der Waals surface area contributed by atoms with Gasteiger partial charge in [0.2, 0.25) is 17.7 Å². The van der Waals surface area contributed by atoms with Crippen LogP contribution >= 0.6 is 11.6 Å². The number of nitrogens with one attached hydrogen (secondary N) is 1. The van der Waals surface area contributed by atoms with Crippen LogP contribution in [-0.2, 0) is 29.3 Å². The van der Waals surface area contributed by atoms with Gasteiger partial charge in [0.05, 0.1) is 42.6 Å². The zero-order valence-corrected chi connectivity index (χ0v) is 23.4. The summed E-state index contributed by atoms with van der Waals surface area (Å²) >= 11 is 6.33. The maximum atomic E-state index is 14.5. The largest absolute Gasteiger partial charge is 0.347 e. The van der Waals surface area contributed by atoms with Crippen LogP contribution in [-0.4, -0.2) is 42.9 Å². The minimum Gasteiger partial charge on any atom is -0.347 e. The van der Waals surface area contributed by atoms with E-state index < -0.39 is 23.0 Å². The van der Waals surface area contributed by atoms with Crippen molar-refractivity contribution in [2.24, 2.45) is 16.9 Å². The molecule has 3 aromatic carbocycles. The third-order valence-electron chi connectivity index (χ3n) is 8.93. The molecule has 2 heterocycles. The number of carbonyl (C=O) groups excluding carboxylic acids is 3. The highest BCUT2D eigenvalue weighted by Crippen LogP contribution is 2.63. The van der Waals surface area contributed by atoms with Crippen molar-refractivity contribution in [1.29, 1.82) is 0 Å². The first-order valence-corrected chi connectivity index (χ1v) is 14.1. The predicted octanol–water partition coefficient (Wildman–Crippen LogP) is 4.45. The Bertz CT molecular complexity index is 1600. The lowest BCUT2D eigenvalue weighted by molar-refractivity contribution is -0.159. The number of rotatable bonds is 5. The van der Waals surface area contributed by atoms with Crippen molar-refractivity contribution in [3.63, 3.8) is 0 Å². The molecule has 208 valence electrons. The molecule has 2 bridgehead atoms. The Labute approximate surface area is 242 Å². The van der Waals surface area contributed by atoms with Gasteiger partial charge in [-0.15, -0.1) is 0 Å². The van der Waals surface area contributed by atoms with Crippen LogP contribution in [0.4, 0.5) is 5.69 Å². The van der Waals surface area contributed by atoms with Crippen LogP contribution < -0.4 is 10.3 Å². The molecule has 3 amide bonds. The van der Waals surface area contributed by atoms with Crippen molar-refractivity contribution in [3.8, 4) is 0 Å². The summed E-state index contributed by atoms with van der Waals surface area (Å²) < 4.78 is 11.1. The highest BCUT2D eigenvalue weighted by molar-refractivity contribution is 6.31. The minimum atomic E-state index is -1.09. The number of aryl methyl sites for hydroxylation is 1. The second kappa shape index (κ2) is 9.34. The fraction of sp³-hybridized carbons (Fsp3) is 0.312. The number of benzene rings is 3. The van der Waals surface area contributed by atoms with Gasteiger partial charge in [-0.2, -0.15) is 5.10 Å². The molecule has 3 aliphatic carbocycles. The molecule has 8 nitrogen and oxygen atoms in total. The van der Waals surface area contributed by atoms with Crippen LogP contribution in [0.5, 0.6) is 0 Å². The van der Waals surface area contributed by atoms with Gasteiger partial charge in [-0.25, -0.2) is 10.3 Å². The zero-order valence-electron chi connectivity index (χ0n) is 22.6. The number of amides is 3. The standard InChI is InChI=1S/C32H28ClN3O5/c1-18-11-12-19(33)15-24(18)36-29(38)27-26-20-7-3-5-9-22(20)32(28(27)30(36)39,23-10-6-4-8-21(23)26)17-34-35-25(37)16-31(2)40-13-14-41-31/h3-12,15,17,26-28H,13-14,16H2,1-2H3,(H,35,37)/b34-17-/t26?,27-,28-,32?/m1/s1. The second-order valence-corrected chi connectivity index (χ2v) is 11.7. The van der Waals surface area contributed by atoms with E-state index in [0.717, 1.165) is 27.8 Å². The lowest BCUT2D eigenvalue weighted by atomic mass is 9.47. The molecule has 0 saturated carbocycles. The van der Waals surface area contributed by atoms with E-state index in [9.17, 15) is 14.4 Å². The quantitative estimate of drug-likeness (QED) is 0.278. The van der Waals surface area contributed by atoms with Gasteiger partial charge in [0.1, 0.15) is 0 Å². The summed E-state index contributed by atoms with van der Waals surface area (Å²) in [5.74, 6) is -3.66. The summed E-state index contributed by atoms with van der Waals surface area (Å²) in [5, 5.41) is 4.89. The topological polar surface area (TPSA) is 97.3 Å². The number of hydrogen-bond acceptors (Lipinski definition) is 6. The normalized spacial score (nSPS) is 27.2. The van der Waals surface area contributed by atoms with Crippen LogP contribution in [0.25, 0.3) is 0 Å². The molecule has 0 aromatic heterocycles. The average molecular weight is 570 g/mol. The summed E-state index contributed by atoms with van der Waals surface area (Å²) in [6, 6.07) is 21.0. The highest BCUT2D eigenvalue weighted by Gasteiger charge is 2.68. The first-order valence-electron chi connectivity index (χ1n) is 13.7. The molecule has 41 heavy (non-hydrogen) atoms. The van der Waals surface area contributed by atoms with E-state index in [1.54, 1.807) is 25.3 Å². The van der Waals surface area contributed by atoms with E-state index in [4.69, 9.17) is 21.1 Å². The van der Waals surface area contributed by atoms with Crippen molar-refractivity contribution in [2.75, 3.05) is 18.1 Å². The molecule has 3 aromatic rings. The van der Waals surface area contributed by atoms with Gasteiger partial charge in [0.15, 0.2) is 5.79 Å². The van der Waals surface area contributed by atoms with Gasteiger partial charge in [-0.1, -0.05) is 66.2 Å². The number of nitrogens with zero attached hydrogens (tertiary/aromatic N) is 2. The summed E-state index contributed by atoms with van der Waals surface area (Å²) in [6.07, 6.45) is 1.62. The first-order chi connectivity index (χ1) is 19.7. The third-order valence-corrected chi connectivity index (χ3v) is 9.17. The molecular formula is C32H28ClN3O5. The maximum Gasteiger partial charge on any atom is 0.245 e. The van der Waals surface area contributed by atoms with Gasteiger partial charge < -0.3 is 9.47 Å². The lowest BCUT2D eigenvalue weighted by Crippen LogP contribution is -2.54. The summed E-state index contributed by atoms with van der Waals surface area (Å²) in [4.78, 5) is 42.9. The van der Waals surface area contributed by atoms with Crippen molar-refractivity contribution < 1.29 is 23.9 Å². The van der Waals surface area contributed by atoms with Crippen molar-refractivity contribution in [1.82, 2.24) is 5.43 Å². The van der Waals surface area contributed by atoms with Crippen LogP contribution in [0.15, 0.2) is 71.8 Å². The van der Waals surface area contributed by atoms with E-state index in [1.165, 1.54) is 4.90 Å². The maximum absolute atomic E-state index is 14.5. The molecule has 2 aliphatic heterocycles. The third kappa shape index (κ3) is 3.74. The number of anilines is 1. The van der Waals surface area contributed by atoms with E-state index in [0.29, 0.717) is 23.9 Å². The second-order valence-electron chi connectivity index (χ2n) is 11.3. The van der Waals surface area contributed by atoms with Crippen LogP contribution in [0, 0.1) is 18.8 Å². The molecule has 2 saturated heterocycles. The first kappa shape index (κ1) is 26.1. The summed E-state index contributed by atoms with van der Waals surface area (Å²) in [7, 11) is 0. The Kier molecular flexibility index (Phi) is 5.94. The van der Waals surface area contributed by atoms with Crippen molar-refractivity contribution in [3.05, 3.63) is 99.6 Å². The van der Waals surface area contributed by atoms with E-state index >= 15 is 0 Å². The zero-order chi connectivity index (χ0) is 28.5. The van der Waals surface area contributed by atoms with E-state index in [2.05, 4.69) is 10.5 Å². The molecule has 2 fully saturated rings. The molecular weight excluding hydrogens is 542 g/mol. The number of ether oxygens (including phenoxy) is 2. The van der Waals surface area contributed by atoms with Crippen LogP contribution in [0.2, 0.25) is 5.02 Å². The average Bonchev–Trinajstić information content (AvgIpc) is 3.51. The van der Waals surface area contributed by atoms with Crippen molar-refractivity contribution >= 4 is 41.2 Å². The smallest absolute Gasteiger partial charge is 0.245 e. The highest BCUT2D eigenvalue weighted by atomic mass is 35.5. The summed E-state index contributed by atoms with van der Waals surface area (Å²) in [6.45, 7) is 4.42. The van der Waals surface area contributed by atoms with Crippen molar-refractivity contribution in [2.45, 2.75) is 37.4 Å². The predicted molar refractivity (Wildman–Crippen MR) is 153 cm³/mol. The Balaban J connectivity index is 1.37.